The fraction of sp³-hybridized carbons (Fsp3) is 0.160. The van der Waals surface area contributed by atoms with Crippen LogP contribution in [0.3, 0.4) is 0 Å². The number of hydrogen-bond acceptors (Lipinski definition) is 5. The number of anilines is 1. The zero-order valence-electron chi connectivity index (χ0n) is 19.9. The predicted molar refractivity (Wildman–Crippen MR) is 134 cm³/mol. The van der Waals surface area contributed by atoms with Crippen molar-refractivity contribution >= 4 is 33.4 Å². The van der Waals surface area contributed by atoms with Gasteiger partial charge in [0.2, 0.25) is 15.9 Å². The lowest BCUT2D eigenvalue weighted by Gasteiger charge is -2.10. The number of nitrogens with two attached hydrogens (primary N) is 2. The van der Waals surface area contributed by atoms with Gasteiger partial charge in [0.05, 0.1) is 4.90 Å². The lowest BCUT2D eigenvalue weighted by molar-refractivity contribution is -0.192. The van der Waals surface area contributed by atoms with Crippen LogP contribution in [0, 0.1) is 17.1 Å². The Labute approximate surface area is 220 Å². The first-order chi connectivity index (χ1) is 18.1. The SMILES string of the molecule is N=C(N)c1cccc([C@H]2C[C@H]2C(=O)Nc2ccc(-c3cc(F)ccc3S(N)(=O)=O)cc2)c1.O=C(O)C(F)(F)F. The van der Waals surface area contributed by atoms with Gasteiger partial charge in [0.15, 0.2) is 0 Å². The van der Waals surface area contributed by atoms with Crippen molar-refractivity contribution in [2.45, 2.75) is 23.4 Å². The van der Waals surface area contributed by atoms with Gasteiger partial charge < -0.3 is 16.2 Å². The van der Waals surface area contributed by atoms with Gasteiger partial charge in [-0.15, -0.1) is 0 Å². The van der Waals surface area contributed by atoms with E-state index < -0.39 is 28.0 Å². The molecule has 3 aromatic carbocycles. The monoisotopic (exact) mass is 566 g/mol. The minimum absolute atomic E-state index is 0.0162. The van der Waals surface area contributed by atoms with E-state index in [1.54, 1.807) is 30.3 Å². The van der Waals surface area contributed by atoms with E-state index in [-0.39, 0.29) is 34.0 Å². The van der Waals surface area contributed by atoms with Gasteiger partial charge in [0.25, 0.3) is 0 Å². The number of amidine groups is 1. The molecule has 4 rings (SSSR count). The van der Waals surface area contributed by atoms with Crippen LogP contribution in [0.4, 0.5) is 23.2 Å². The Kier molecular flexibility index (Phi) is 8.41. The van der Waals surface area contributed by atoms with E-state index in [9.17, 15) is 30.8 Å². The molecule has 0 unspecified atom stereocenters. The van der Waals surface area contributed by atoms with Crippen LogP contribution >= 0.6 is 0 Å². The van der Waals surface area contributed by atoms with Crippen LogP contribution < -0.4 is 16.2 Å². The van der Waals surface area contributed by atoms with E-state index in [1.807, 2.05) is 18.2 Å². The first kappa shape index (κ1) is 29.3. The Morgan fingerprint density at radius 2 is 1.64 bits per heavy atom. The molecule has 1 aliphatic carbocycles. The van der Waals surface area contributed by atoms with Gasteiger partial charge in [0.1, 0.15) is 11.7 Å². The molecule has 206 valence electrons. The summed E-state index contributed by atoms with van der Waals surface area (Å²) in [6, 6.07) is 17.0. The molecule has 0 spiro atoms. The van der Waals surface area contributed by atoms with Gasteiger partial charge in [0, 0.05) is 22.7 Å². The third-order valence-electron chi connectivity index (χ3n) is 5.71. The van der Waals surface area contributed by atoms with Crippen LogP contribution in [0.1, 0.15) is 23.5 Å². The van der Waals surface area contributed by atoms with E-state index in [4.69, 9.17) is 26.2 Å². The Hall–Kier alpha value is -4.30. The summed E-state index contributed by atoms with van der Waals surface area (Å²) in [7, 11) is -4.03. The number of carbonyl (C=O) groups excluding carboxylic acids is 1. The van der Waals surface area contributed by atoms with Crippen molar-refractivity contribution in [1.29, 1.82) is 5.41 Å². The number of amides is 1. The van der Waals surface area contributed by atoms with Crippen molar-refractivity contribution < 1.29 is 40.7 Å². The summed E-state index contributed by atoms with van der Waals surface area (Å²) in [6.07, 6.45) is -4.38. The highest BCUT2D eigenvalue weighted by Crippen LogP contribution is 2.48. The third-order valence-corrected chi connectivity index (χ3v) is 6.68. The summed E-state index contributed by atoms with van der Waals surface area (Å²) in [5.41, 5.74) is 8.27. The molecule has 1 saturated carbocycles. The van der Waals surface area contributed by atoms with E-state index in [0.717, 1.165) is 23.8 Å². The van der Waals surface area contributed by atoms with Gasteiger partial charge >= 0.3 is 12.1 Å². The minimum Gasteiger partial charge on any atom is -0.475 e. The Balaban J connectivity index is 0.000000532. The van der Waals surface area contributed by atoms with Gasteiger partial charge in [-0.2, -0.15) is 13.2 Å². The van der Waals surface area contributed by atoms with Crippen LogP contribution in [0.25, 0.3) is 11.1 Å². The van der Waals surface area contributed by atoms with Crippen molar-refractivity contribution in [2.75, 3.05) is 5.32 Å². The molecule has 0 aromatic heterocycles. The zero-order chi connectivity index (χ0) is 29.1. The first-order valence-electron chi connectivity index (χ1n) is 11.1. The van der Waals surface area contributed by atoms with Crippen LogP contribution in [-0.4, -0.2) is 37.4 Å². The number of carboxylic acid groups (broad SMARTS) is 1. The zero-order valence-corrected chi connectivity index (χ0v) is 20.7. The largest absolute Gasteiger partial charge is 0.490 e. The van der Waals surface area contributed by atoms with Crippen LogP contribution in [-0.2, 0) is 19.6 Å². The standard InChI is InChI=1S/C23H21FN4O3S.C2HF3O2/c24-16-6-9-21(32(27,30)31)19(11-16)13-4-7-17(8-5-13)28-23(29)20-12-18(20)14-2-1-3-15(10-14)22(25)26;3-2(4,5)1(6)7/h1-11,18,20H,12H2,(H3,25,26)(H,28,29)(H2,27,30,31);(H,6,7)/t18-,20-;/m1./s1. The highest BCUT2D eigenvalue weighted by Gasteiger charge is 2.44. The average molecular weight is 567 g/mol. The molecule has 9 nitrogen and oxygen atoms in total. The topological polar surface area (TPSA) is 176 Å². The van der Waals surface area contributed by atoms with Crippen molar-refractivity contribution in [3.8, 4) is 11.1 Å². The lowest BCUT2D eigenvalue weighted by atomic mass is 10.0. The van der Waals surface area contributed by atoms with E-state index >= 15 is 0 Å². The molecule has 1 amide bonds. The quantitative estimate of drug-likeness (QED) is 0.172. The maximum absolute atomic E-state index is 13.7. The first-order valence-corrected chi connectivity index (χ1v) is 12.6. The number of carboxylic acids is 1. The van der Waals surface area contributed by atoms with Crippen molar-refractivity contribution in [2.24, 2.45) is 16.8 Å². The number of alkyl halides is 3. The summed E-state index contributed by atoms with van der Waals surface area (Å²) in [5.74, 6) is -3.61. The smallest absolute Gasteiger partial charge is 0.475 e. The lowest BCUT2D eigenvalue weighted by Crippen LogP contribution is -2.21. The molecule has 3 aromatic rings. The number of sulfonamides is 1. The van der Waals surface area contributed by atoms with E-state index in [0.29, 0.717) is 23.2 Å². The summed E-state index contributed by atoms with van der Waals surface area (Å²) in [4.78, 5) is 21.4. The van der Waals surface area contributed by atoms with Crippen molar-refractivity contribution in [1.82, 2.24) is 0 Å². The Morgan fingerprint density at radius 1 is 1.03 bits per heavy atom. The summed E-state index contributed by atoms with van der Waals surface area (Å²) < 4.78 is 69.1. The molecule has 1 fully saturated rings. The highest BCUT2D eigenvalue weighted by atomic mass is 32.2. The van der Waals surface area contributed by atoms with E-state index in [1.165, 1.54) is 0 Å². The predicted octanol–water partition coefficient (Wildman–Crippen LogP) is 3.80. The molecule has 14 heteroatoms. The Morgan fingerprint density at radius 3 is 2.18 bits per heavy atom. The molecule has 0 heterocycles. The molecule has 0 radical (unpaired) electrons. The Bertz CT molecular complexity index is 1530. The molecule has 7 N–H and O–H groups in total. The number of carbonyl (C=O) groups is 2. The van der Waals surface area contributed by atoms with Gasteiger partial charge in [-0.05, 0) is 59.9 Å². The second kappa shape index (κ2) is 11.2. The van der Waals surface area contributed by atoms with E-state index in [2.05, 4.69) is 5.32 Å². The maximum Gasteiger partial charge on any atom is 0.490 e. The molecular weight excluding hydrogens is 544 g/mol. The van der Waals surface area contributed by atoms with Crippen LogP contribution in [0.2, 0.25) is 0 Å². The van der Waals surface area contributed by atoms with Gasteiger partial charge in [-0.25, -0.2) is 22.7 Å². The molecule has 2 atom stereocenters. The summed E-state index contributed by atoms with van der Waals surface area (Å²) >= 11 is 0. The normalized spacial score (nSPS) is 16.4. The fourth-order valence-electron chi connectivity index (χ4n) is 3.73. The minimum atomic E-state index is -5.08. The summed E-state index contributed by atoms with van der Waals surface area (Å²) in [6.45, 7) is 0. The molecule has 0 bridgehead atoms. The fourth-order valence-corrected chi connectivity index (χ4v) is 4.48. The molecule has 0 aliphatic heterocycles. The number of rotatable bonds is 6. The number of aliphatic carboxylic acids is 1. The number of hydrogen-bond donors (Lipinski definition) is 5. The number of halogens is 4. The van der Waals surface area contributed by atoms with Crippen LogP contribution in [0.15, 0.2) is 71.6 Å². The second-order valence-electron chi connectivity index (χ2n) is 8.54. The van der Waals surface area contributed by atoms with Crippen LogP contribution in [0.5, 0.6) is 0 Å². The number of nitrogen functional groups attached to an aromatic ring is 1. The van der Waals surface area contributed by atoms with Crippen molar-refractivity contribution in [3.05, 3.63) is 83.7 Å². The summed E-state index contributed by atoms with van der Waals surface area (Å²) in [5, 5.41) is 22.8. The molecule has 1 aliphatic rings. The third kappa shape index (κ3) is 7.61. The maximum atomic E-state index is 13.7. The molecule has 0 saturated heterocycles. The van der Waals surface area contributed by atoms with Gasteiger partial charge in [-0.3, -0.25) is 10.2 Å². The second-order valence-corrected chi connectivity index (χ2v) is 10.1. The van der Waals surface area contributed by atoms with Crippen molar-refractivity contribution in [3.63, 3.8) is 0 Å². The molecular formula is C25H22F4N4O5S. The molecule has 39 heavy (non-hydrogen) atoms. The number of benzene rings is 3. The highest BCUT2D eigenvalue weighted by molar-refractivity contribution is 7.89. The number of primary sulfonamides is 1. The number of nitrogens with one attached hydrogen (secondary N) is 2. The average Bonchev–Trinajstić information content (AvgIpc) is 3.65. The van der Waals surface area contributed by atoms with Gasteiger partial charge in [-0.1, -0.05) is 30.3 Å².